The van der Waals surface area contributed by atoms with Crippen LogP contribution in [0.15, 0.2) is 24.3 Å². The van der Waals surface area contributed by atoms with E-state index in [1.165, 1.54) is 11.4 Å². The fourth-order valence-electron chi connectivity index (χ4n) is 4.12. The van der Waals surface area contributed by atoms with Gasteiger partial charge in [0.15, 0.2) is 0 Å². The quantitative estimate of drug-likeness (QED) is 0.764. The van der Waals surface area contributed by atoms with E-state index >= 15 is 0 Å². The monoisotopic (exact) mass is 270 g/mol. The first-order valence-corrected chi connectivity index (χ1v) is 7.29. The molecule has 1 aromatic carbocycles. The maximum Gasteiger partial charge on any atom is 0.261 e. The largest absolute Gasteiger partial charge is 0.306 e. The molecule has 1 saturated heterocycles. The lowest BCUT2D eigenvalue weighted by Crippen LogP contribution is -2.45. The Morgan fingerprint density at radius 1 is 1.10 bits per heavy atom. The Kier molecular flexibility index (Phi) is 2.51. The van der Waals surface area contributed by atoms with Gasteiger partial charge in [-0.2, -0.15) is 0 Å². The number of imide groups is 1. The van der Waals surface area contributed by atoms with Crippen LogP contribution in [0, 0.1) is 17.8 Å². The third-order valence-electron chi connectivity index (χ3n) is 5.18. The van der Waals surface area contributed by atoms with Crippen molar-refractivity contribution in [3.05, 3.63) is 35.4 Å². The van der Waals surface area contributed by atoms with Gasteiger partial charge in [0, 0.05) is 19.6 Å². The fourth-order valence-corrected chi connectivity index (χ4v) is 4.12. The molecule has 0 aromatic heterocycles. The summed E-state index contributed by atoms with van der Waals surface area (Å²) in [5.41, 5.74) is 1.13. The van der Waals surface area contributed by atoms with Crippen molar-refractivity contribution in [2.45, 2.75) is 6.42 Å². The average molecular weight is 270 g/mol. The van der Waals surface area contributed by atoms with Crippen molar-refractivity contribution in [2.24, 2.45) is 17.8 Å². The van der Waals surface area contributed by atoms with Crippen LogP contribution in [0.2, 0.25) is 0 Å². The van der Waals surface area contributed by atoms with Gasteiger partial charge in [-0.25, -0.2) is 0 Å². The van der Waals surface area contributed by atoms with Crippen molar-refractivity contribution in [2.75, 3.05) is 26.7 Å². The number of carbonyl (C=O) groups is 2. The predicted molar refractivity (Wildman–Crippen MR) is 74.4 cm³/mol. The van der Waals surface area contributed by atoms with E-state index in [9.17, 15) is 9.59 Å². The van der Waals surface area contributed by atoms with Crippen LogP contribution in [0.5, 0.6) is 0 Å². The van der Waals surface area contributed by atoms with Crippen molar-refractivity contribution in [1.29, 1.82) is 0 Å². The number of likely N-dealkylation sites (tertiary alicyclic amines) is 1. The second-order valence-electron chi connectivity index (χ2n) is 6.41. The Hall–Kier alpha value is -1.68. The molecule has 2 heterocycles. The number of hydrogen-bond acceptors (Lipinski definition) is 3. The summed E-state index contributed by atoms with van der Waals surface area (Å²) in [5, 5.41) is 0. The van der Waals surface area contributed by atoms with Crippen molar-refractivity contribution in [1.82, 2.24) is 9.80 Å². The Labute approximate surface area is 118 Å². The van der Waals surface area contributed by atoms with E-state index in [2.05, 4.69) is 11.9 Å². The Morgan fingerprint density at radius 2 is 1.75 bits per heavy atom. The summed E-state index contributed by atoms with van der Waals surface area (Å²) in [6.45, 7) is 2.88. The van der Waals surface area contributed by atoms with Gasteiger partial charge in [-0.15, -0.1) is 0 Å². The number of nitrogens with zero attached hydrogens (tertiary/aromatic N) is 2. The number of benzene rings is 1. The van der Waals surface area contributed by atoms with Crippen LogP contribution in [-0.2, 0) is 0 Å². The highest BCUT2D eigenvalue weighted by Crippen LogP contribution is 2.46. The van der Waals surface area contributed by atoms with E-state index in [-0.39, 0.29) is 11.8 Å². The van der Waals surface area contributed by atoms with Crippen LogP contribution in [0.25, 0.3) is 0 Å². The molecular weight excluding hydrogens is 252 g/mol. The first-order valence-electron chi connectivity index (χ1n) is 7.29. The number of rotatable bonds is 2. The van der Waals surface area contributed by atoms with E-state index in [1.54, 1.807) is 12.1 Å². The van der Waals surface area contributed by atoms with Gasteiger partial charge in [0.2, 0.25) is 0 Å². The van der Waals surface area contributed by atoms with Crippen molar-refractivity contribution in [3.63, 3.8) is 0 Å². The molecule has 2 amide bonds. The third-order valence-corrected chi connectivity index (χ3v) is 5.18. The van der Waals surface area contributed by atoms with Crippen molar-refractivity contribution in [3.8, 4) is 0 Å². The van der Waals surface area contributed by atoms with E-state index in [0.29, 0.717) is 29.5 Å². The topological polar surface area (TPSA) is 40.6 Å². The number of amides is 2. The molecule has 104 valence electrons. The van der Waals surface area contributed by atoms with Crippen LogP contribution in [0.1, 0.15) is 27.1 Å². The van der Waals surface area contributed by atoms with E-state index in [4.69, 9.17) is 0 Å². The predicted octanol–water partition coefficient (Wildman–Crippen LogP) is 1.48. The standard InChI is InChI=1S/C16H18N2O2/c1-17-7-10-6-11(14(10)9-17)8-18-15(19)12-4-2-3-5-13(12)16(18)20/h2-5,10-11,14H,6-9H2,1H3. The number of hydrogen-bond donors (Lipinski definition) is 0. The normalized spacial score (nSPS) is 32.2. The molecule has 4 nitrogen and oxygen atoms in total. The molecule has 3 atom stereocenters. The van der Waals surface area contributed by atoms with Gasteiger partial charge >= 0.3 is 0 Å². The van der Waals surface area contributed by atoms with Gasteiger partial charge in [-0.05, 0) is 43.4 Å². The zero-order chi connectivity index (χ0) is 13.9. The van der Waals surface area contributed by atoms with Crippen molar-refractivity contribution >= 4 is 11.8 Å². The highest BCUT2D eigenvalue weighted by molar-refractivity contribution is 6.21. The van der Waals surface area contributed by atoms with Crippen molar-refractivity contribution < 1.29 is 9.59 Å². The highest BCUT2D eigenvalue weighted by Gasteiger charge is 2.48. The van der Waals surface area contributed by atoms with Crippen LogP contribution in [-0.4, -0.2) is 48.3 Å². The zero-order valence-electron chi connectivity index (χ0n) is 11.6. The van der Waals surface area contributed by atoms with Crippen LogP contribution >= 0.6 is 0 Å². The molecule has 1 aromatic rings. The SMILES string of the molecule is CN1CC2CC(CN3C(=O)c4ccccc4C3=O)C2C1. The van der Waals surface area contributed by atoms with E-state index in [1.807, 2.05) is 12.1 Å². The van der Waals surface area contributed by atoms with Gasteiger partial charge in [0.25, 0.3) is 11.8 Å². The second kappa shape index (κ2) is 4.16. The van der Waals surface area contributed by atoms with Crippen LogP contribution in [0.4, 0.5) is 0 Å². The van der Waals surface area contributed by atoms with Gasteiger partial charge in [-0.3, -0.25) is 14.5 Å². The van der Waals surface area contributed by atoms with Gasteiger partial charge in [0.05, 0.1) is 11.1 Å². The van der Waals surface area contributed by atoms with E-state index < -0.39 is 0 Å². The fraction of sp³-hybridized carbons (Fsp3) is 0.500. The molecule has 4 heteroatoms. The molecular formula is C16H18N2O2. The second-order valence-corrected chi connectivity index (χ2v) is 6.41. The van der Waals surface area contributed by atoms with E-state index in [0.717, 1.165) is 18.9 Å². The minimum Gasteiger partial charge on any atom is -0.306 e. The number of fused-ring (bicyclic) bond motifs is 2. The summed E-state index contributed by atoms with van der Waals surface area (Å²) in [6.07, 6.45) is 1.16. The third kappa shape index (κ3) is 1.57. The van der Waals surface area contributed by atoms with Crippen LogP contribution < -0.4 is 0 Å². The molecule has 20 heavy (non-hydrogen) atoms. The van der Waals surface area contributed by atoms with Gasteiger partial charge in [0.1, 0.15) is 0 Å². The lowest BCUT2D eigenvalue weighted by Gasteiger charge is -2.41. The number of carbonyl (C=O) groups excluding carboxylic acids is 2. The van der Waals surface area contributed by atoms with Gasteiger partial charge in [-0.1, -0.05) is 12.1 Å². The molecule has 2 fully saturated rings. The summed E-state index contributed by atoms with van der Waals surface area (Å²) in [7, 11) is 2.15. The van der Waals surface area contributed by atoms with Crippen LogP contribution in [0.3, 0.4) is 0 Å². The maximum atomic E-state index is 12.3. The summed E-state index contributed by atoms with van der Waals surface area (Å²) in [6, 6.07) is 7.14. The molecule has 0 bridgehead atoms. The Balaban J connectivity index is 1.52. The molecule has 1 aliphatic carbocycles. The molecule has 1 saturated carbocycles. The highest BCUT2D eigenvalue weighted by atomic mass is 16.2. The summed E-state index contributed by atoms with van der Waals surface area (Å²) in [4.78, 5) is 28.5. The minimum atomic E-state index is -0.111. The Bertz CT molecular complexity index is 563. The summed E-state index contributed by atoms with van der Waals surface area (Å²) >= 11 is 0. The lowest BCUT2D eigenvalue weighted by molar-refractivity contribution is 0.0469. The molecule has 0 spiro atoms. The Morgan fingerprint density at radius 3 is 2.35 bits per heavy atom. The summed E-state index contributed by atoms with van der Waals surface area (Å²) in [5.74, 6) is 1.72. The first kappa shape index (κ1) is 12.1. The molecule has 3 aliphatic rings. The molecule has 0 N–H and O–H groups in total. The van der Waals surface area contributed by atoms with Gasteiger partial charge < -0.3 is 4.90 Å². The zero-order valence-corrected chi connectivity index (χ0v) is 11.6. The maximum absolute atomic E-state index is 12.3. The first-order chi connectivity index (χ1) is 9.65. The molecule has 3 unspecified atom stereocenters. The molecule has 2 aliphatic heterocycles. The molecule has 0 radical (unpaired) electrons. The summed E-state index contributed by atoms with van der Waals surface area (Å²) < 4.78 is 0. The average Bonchev–Trinajstić information content (AvgIpc) is 2.86. The molecule has 4 rings (SSSR count). The lowest BCUT2D eigenvalue weighted by atomic mass is 9.66. The minimum absolute atomic E-state index is 0.111. The smallest absolute Gasteiger partial charge is 0.261 e.